The van der Waals surface area contributed by atoms with E-state index in [2.05, 4.69) is 16.2 Å². The number of hydrogen-bond donors (Lipinski definition) is 3. The third-order valence-electron chi connectivity index (χ3n) is 3.21. The van der Waals surface area contributed by atoms with E-state index in [0.717, 1.165) is 5.56 Å². The minimum atomic E-state index is -0.430. The van der Waals surface area contributed by atoms with Gasteiger partial charge in [0.2, 0.25) is 5.91 Å². The van der Waals surface area contributed by atoms with E-state index in [1.807, 2.05) is 6.07 Å². The Bertz CT molecular complexity index is 751. The molecule has 7 nitrogen and oxygen atoms in total. The minimum Gasteiger partial charge on any atom is -0.497 e. The van der Waals surface area contributed by atoms with Crippen molar-refractivity contribution in [3.63, 3.8) is 0 Å². The summed E-state index contributed by atoms with van der Waals surface area (Å²) in [5.41, 5.74) is 5.62. The molecule has 0 aromatic heterocycles. The van der Waals surface area contributed by atoms with Gasteiger partial charge in [-0.2, -0.15) is 0 Å². The molecular weight excluding hydrogens is 354 g/mol. The van der Waals surface area contributed by atoms with Gasteiger partial charge in [0.1, 0.15) is 11.5 Å². The Kier molecular flexibility index (Phi) is 7.38. The van der Waals surface area contributed by atoms with E-state index in [1.54, 1.807) is 55.6 Å². The fourth-order valence-electron chi connectivity index (χ4n) is 1.96. The summed E-state index contributed by atoms with van der Waals surface area (Å²) in [6.07, 6.45) is 0.150. The van der Waals surface area contributed by atoms with Crippen LogP contribution in [-0.4, -0.2) is 30.6 Å². The van der Waals surface area contributed by atoms with Gasteiger partial charge >= 0.3 is 0 Å². The largest absolute Gasteiger partial charge is 0.497 e. The normalized spacial score (nSPS) is 9.73. The summed E-state index contributed by atoms with van der Waals surface area (Å²) in [6, 6.07) is 16.1. The maximum Gasteiger partial charge on any atom is 0.276 e. The molecule has 0 unspecified atom stereocenters. The van der Waals surface area contributed by atoms with Crippen molar-refractivity contribution in [1.29, 1.82) is 0 Å². The van der Waals surface area contributed by atoms with Gasteiger partial charge in [-0.1, -0.05) is 30.3 Å². The molecule has 2 aromatic carbocycles. The van der Waals surface area contributed by atoms with Crippen molar-refractivity contribution in [3.8, 4) is 11.5 Å². The number of para-hydroxylation sites is 1. The second-order valence-electron chi connectivity index (χ2n) is 5.18. The van der Waals surface area contributed by atoms with Crippen molar-refractivity contribution in [2.75, 3.05) is 13.7 Å². The number of benzene rings is 2. The van der Waals surface area contributed by atoms with E-state index in [0.29, 0.717) is 11.5 Å². The number of hydrogen-bond acceptors (Lipinski definition) is 5. The van der Waals surface area contributed by atoms with Crippen LogP contribution in [0.1, 0.15) is 5.56 Å². The third-order valence-corrected chi connectivity index (χ3v) is 3.41. The van der Waals surface area contributed by atoms with Crippen LogP contribution in [0.3, 0.4) is 0 Å². The third kappa shape index (κ3) is 6.78. The highest BCUT2D eigenvalue weighted by atomic mass is 32.1. The molecule has 0 spiro atoms. The van der Waals surface area contributed by atoms with Crippen molar-refractivity contribution in [2.45, 2.75) is 6.42 Å². The average molecular weight is 373 g/mol. The van der Waals surface area contributed by atoms with Crippen LogP contribution in [0.4, 0.5) is 0 Å². The molecule has 0 aliphatic rings. The van der Waals surface area contributed by atoms with Crippen molar-refractivity contribution >= 4 is 29.1 Å². The SMILES string of the molecule is COc1ccc(CC(=O)NC(=S)NNC(=O)COc2ccccc2)cc1. The minimum absolute atomic E-state index is 0.00317. The fourth-order valence-corrected chi connectivity index (χ4v) is 2.12. The zero-order valence-corrected chi connectivity index (χ0v) is 15.0. The molecule has 0 radical (unpaired) electrons. The number of methoxy groups -OCH3 is 1. The average Bonchev–Trinajstić information content (AvgIpc) is 2.66. The van der Waals surface area contributed by atoms with Gasteiger partial charge in [-0.05, 0) is 42.0 Å². The van der Waals surface area contributed by atoms with Crippen molar-refractivity contribution in [1.82, 2.24) is 16.2 Å². The van der Waals surface area contributed by atoms with Crippen molar-refractivity contribution < 1.29 is 19.1 Å². The van der Waals surface area contributed by atoms with Gasteiger partial charge in [0, 0.05) is 0 Å². The highest BCUT2D eigenvalue weighted by Gasteiger charge is 2.08. The van der Waals surface area contributed by atoms with Gasteiger partial charge < -0.3 is 14.8 Å². The zero-order valence-electron chi connectivity index (χ0n) is 14.2. The number of carbonyl (C=O) groups excluding carboxylic acids is 2. The van der Waals surface area contributed by atoms with Gasteiger partial charge in [0.15, 0.2) is 11.7 Å². The lowest BCUT2D eigenvalue weighted by molar-refractivity contribution is -0.124. The molecule has 26 heavy (non-hydrogen) atoms. The smallest absolute Gasteiger partial charge is 0.276 e. The Morgan fingerprint density at radius 2 is 1.62 bits per heavy atom. The zero-order chi connectivity index (χ0) is 18.8. The predicted molar refractivity (Wildman–Crippen MR) is 101 cm³/mol. The Morgan fingerprint density at radius 3 is 2.27 bits per heavy atom. The summed E-state index contributed by atoms with van der Waals surface area (Å²) >= 11 is 4.96. The highest BCUT2D eigenvalue weighted by molar-refractivity contribution is 7.80. The molecule has 0 aliphatic heterocycles. The van der Waals surface area contributed by atoms with Crippen LogP contribution in [0.15, 0.2) is 54.6 Å². The molecule has 8 heteroatoms. The molecule has 0 fully saturated rings. The van der Waals surface area contributed by atoms with Crippen LogP contribution in [0.2, 0.25) is 0 Å². The van der Waals surface area contributed by atoms with Crippen LogP contribution >= 0.6 is 12.2 Å². The summed E-state index contributed by atoms with van der Waals surface area (Å²) in [5.74, 6) is 0.563. The first-order chi connectivity index (χ1) is 12.6. The van der Waals surface area contributed by atoms with Crippen molar-refractivity contribution in [3.05, 3.63) is 60.2 Å². The second-order valence-corrected chi connectivity index (χ2v) is 5.59. The van der Waals surface area contributed by atoms with Crippen molar-refractivity contribution in [2.24, 2.45) is 0 Å². The maximum absolute atomic E-state index is 11.9. The van der Waals surface area contributed by atoms with Crippen LogP contribution in [0, 0.1) is 0 Å². The lowest BCUT2D eigenvalue weighted by Gasteiger charge is -2.11. The molecule has 0 heterocycles. The van der Waals surface area contributed by atoms with E-state index in [9.17, 15) is 9.59 Å². The van der Waals surface area contributed by atoms with Crippen LogP contribution < -0.4 is 25.6 Å². The standard InChI is InChI=1S/C18H19N3O4S/c1-24-14-9-7-13(8-10-14)11-16(22)19-18(26)21-20-17(23)12-25-15-5-3-2-4-6-15/h2-10H,11-12H2,1H3,(H,20,23)(H2,19,21,22,26). The Labute approximate surface area is 156 Å². The Balaban J connectivity index is 1.67. The molecule has 2 rings (SSSR count). The Morgan fingerprint density at radius 1 is 0.923 bits per heavy atom. The van der Waals surface area contributed by atoms with Gasteiger partial charge in [-0.15, -0.1) is 0 Å². The summed E-state index contributed by atoms with van der Waals surface area (Å²) in [6.45, 7) is -0.181. The Hall–Kier alpha value is -3.13. The first kappa shape index (κ1) is 19.2. The molecular formula is C18H19N3O4S. The lowest BCUT2D eigenvalue weighted by Crippen LogP contribution is -2.49. The topological polar surface area (TPSA) is 88.7 Å². The fraction of sp³-hybridized carbons (Fsp3) is 0.167. The van der Waals surface area contributed by atoms with E-state index in [-0.39, 0.29) is 24.0 Å². The van der Waals surface area contributed by atoms with E-state index < -0.39 is 5.91 Å². The molecule has 3 N–H and O–H groups in total. The summed E-state index contributed by atoms with van der Waals surface area (Å²) in [4.78, 5) is 23.6. The highest BCUT2D eigenvalue weighted by Crippen LogP contribution is 2.11. The number of hydrazine groups is 1. The number of nitrogens with one attached hydrogen (secondary N) is 3. The van der Waals surface area contributed by atoms with E-state index in [1.165, 1.54) is 0 Å². The quantitative estimate of drug-likeness (QED) is 0.523. The van der Waals surface area contributed by atoms with Crippen LogP contribution in [0.25, 0.3) is 0 Å². The van der Waals surface area contributed by atoms with Crippen LogP contribution in [0.5, 0.6) is 11.5 Å². The molecule has 0 saturated carbocycles. The summed E-state index contributed by atoms with van der Waals surface area (Å²) in [5, 5.41) is 2.48. The number of rotatable bonds is 6. The number of ether oxygens (including phenoxy) is 2. The monoisotopic (exact) mass is 373 g/mol. The summed E-state index contributed by atoms with van der Waals surface area (Å²) in [7, 11) is 1.57. The van der Waals surface area contributed by atoms with Gasteiger partial charge in [-0.25, -0.2) is 0 Å². The lowest BCUT2D eigenvalue weighted by atomic mass is 10.1. The van der Waals surface area contributed by atoms with E-state index in [4.69, 9.17) is 21.7 Å². The first-order valence-corrected chi connectivity index (χ1v) is 8.17. The summed E-state index contributed by atoms with van der Waals surface area (Å²) < 4.78 is 10.3. The van der Waals surface area contributed by atoms with Gasteiger partial charge in [0.05, 0.1) is 13.5 Å². The van der Waals surface area contributed by atoms with Crippen LogP contribution in [-0.2, 0) is 16.0 Å². The second kappa shape index (κ2) is 10.00. The molecule has 136 valence electrons. The molecule has 2 aromatic rings. The first-order valence-electron chi connectivity index (χ1n) is 7.76. The van der Waals surface area contributed by atoms with E-state index >= 15 is 0 Å². The predicted octanol–water partition coefficient (Wildman–Crippen LogP) is 1.34. The molecule has 0 atom stereocenters. The molecule has 0 bridgehead atoms. The molecule has 2 amide bonds. The van der Waals surface area contributed by atoms with Gasteiger partial charge in [-0.3, -0.25) is 20.4 Å². The molecule has 0 aliphatic carbocycles. The number of amides is 2. The maximum atomic E-state index is 11.9. The van der Waals surface area contributed by atoms with Gasteiger partial charge in [0.25, 0.3) is 5.91 Å². The number of carbonyl (C=O) groups is 2. The number of thiocarbonyl (C=S) groups is 1. The molecule has 0 saturated heterocycles.